The number of hydrogen-bond acceptors (Lipinski definition) is 7. The molecular formula is C25H23N3O6S. The van der Waals surface area contributed by atoms with Gasteiger partial charge in [0.1, 0.15) is 11.5 Å². The third kappa shape index (κ3) is 4.50. The van der Waals surface area contributed by atoms with Gasteiger partial charge in [0.15, 0.2) is 11.2 Å². The zero-order valence-corrected chi connectivity index (χ0v) is 19.6. The van der Waals surface area contributed by atoms with Gasteiger partial charge in [-0.3, -0.25) is 10.1 Å². The number of carbonyl (C=O) groups is 3. The van der Waals surface area contributed by atoms with Gasteiger partial charge < -0.3 is 19.9 Å². The summed E-state index contributed by atoms with van der Waals surface area (Å²) in [7, 11) is 0. The molecule has 1 aromatic heterocycles. The van der Waals surface area contributed by atoms with Gasteiger partial charge in [-0.1, -0.05) is 59.9 Å². The molecule has 3 aromatic rings. The van der Waals surface area contributed by atoms with E-state index in [1.54, 1.807) is 6.92 Å². The number of aliphatic carboxylic acids is 1. The fraction of sp³-hybridized carbons (Fsp3) is 0.280. The number of carboxylic acid groups (broad SMARTS) is 1. The zero-order valence-electron chi connectivity index (χ0n) is 18.8. The number of fused-ring (bicyclic) bond motifs is 3. The van der Waals surface area contributed by atoms with Crippen molar-refractivity contribution in [3.63, 3.8) is 0 Å². The molecule has 0 saturated carbocycles. The Hall–Kier alpha value is -3.76. The standard InChI is InChI=1S/C25H23N3O6S/c1-13-21(22(29)27-19-10-11-33-20(19)23(30)31)35-24(26-13)28-25(32)34-12-18-16-8-4-2-6-14(16)15-7-3-5-9-17(15)18/h2-9,18-20H,10-12H2,1H3,(H,27,29)(H,30,31)(H,26,28,32). The third-order valence-electron chi connectivity index (χ3n) is 6.21. The van der Waals surface area contributed by atoms with Crippen LogP contribution in [0.1, 0.15) is 38.8 Å². The fourth-order valence-corrected chi connectivity index (χ4v) is 5.45. The number of carbonyl (C=O) groups excluding carboxylic acids is 2. The number of ether oxygens (including phenoxy) is 2. The monoisotopic (exact) mass is 493 g/mol. The normalized spacial score (nSPS) is 18.5. The van der Waals surface area contributed by atoms with Crippen LogP contribution in [0.25, 0.3) is 11.1 Å². The Morgan fingerprint density at radius 3 is 2.43 bits per heavy atom. The maximum atomic E-state index is 12.7. The summed E-state index contributed by atoms with van der Waals surface area (Å²) < 4.78 is 10.7. The minimum Gasteiger partial charge on any atom is -0.479 e. The van der Waals surface area contributed by atoms with Crippen molar-refractivity contribution in [2.75, 3.05) is 18.5 Å². The third-order valence-corrected chi connectivity index (χ3v) is 7.28. The predicted octanol–water partition coefficient (Wildman–Crippen LogP) is 3.78. The first kappa shape index (κ1) is 23.0. The topological polar surface area (TPSA) is 127 Å². The van der Waals surface area contributed by atoms with Crippen LogP contribution in [0.2, 0.25) is 0 Å². The van der Waals surface area contributed by atoms with E-state index in [1.165, 1.54) is 0 Å². The van der Waals surface area contributed by atoms with Crippen LogP contribution in [0.4, 0.5) is 9.93 Å². The molecule has 2 aliphatic rings. The number of nitrogens with one attached hydrogen (secondary N) is 2. The largest absolute Gasteiger partial charge is 0.479 e. The molecule has 0 bridgehead atoms. The van der Waals surface area contributed by atoms with E-state index in [2.05, 4.69) is 27.8 Å². The average Bonchev–Trinajstić information content (AvgIpc) is 3.53. The summed E-state index contributed by atoms with van der Waals surface area (Å²) in [5.41, 5.74) is 4.93. The molecule has 1 aliphatic heterocycles. The lowest BCUT2D eigenvalue weighted by Crippen LogP contribution is -2.44. The molecule has 0 spiro atoms. The molecule has 1 fully saturated rings. The van der Waals surface area contributed by atoms with Crippen molar-refractivity contribution in [1.82, 2.24) is 10.3 Å². The molecule has 2 aromatic carbocycles. The van der Waals surface area contributed by atoms with E-state index in [9.17, 15) is 19.5 Å². The van der Waals surface area contributed by atoms with E-state index in [-0.39, 0.29) is 29.1 Å². The van der Waals surface area contributed by atoms with Gasteiger partial charge in [-0.25, -0.2) is 14.6 Å². The highest BCUT2D eigenvalue weighted by molar-refractivity contribution is 7.17. The van der Waals surface area contributed by atoms with Crippen molar-refractivity contribution >= 4 is 34.4 Å². The highest BCUT2D eigenvalue weighted by Gasteiger charge is 2.36. The van der Waals surface area contributed by atoms with Crippen molar-refractivity contribution in [1.29, 1.82) is 0 Å². The molecule has 35 heavy (non-hydrogen) atoms. The summed E-state index contributed by atoms with van der Waals surface area (Å²) in [6, 6.07) is 15.5. The van der Waals surface area contributed by atoms with Crippen LogP contribution in [0, 0.1) is 6.92 Å². The number of benzene rings is 2. The summed E-state index contributed by atoms with van der Waals surface area (Å²) >= 11 is 1.00. The molecule has 1 saturated heterocycles. The van der Waals surface area contributed by atoms with E-state index in [0.717, 1.165) is 33.6 Å². The van der Waals surface area contributed by atoms with Crippen molar-refractivity contribution < 1.29 is 29.0 Å². The molecule has 180 valence electrons. The van der Waals surface area contributed by atoms with Crippen LogP contribution in [-0.2, 0) is 14.3 Å². The van der Waals surface area contributed by atoms with E-state index in [4.69, 9.17) is 9.47 Å². The Balaban J connectivity index is 1.22. The highest BCUT2D eigenvalue weighted by atomic mass is 32.1. The van der Waals surface area contributed by atoms with Crippen LogP contribution in [-0.4, -0.2) is 53.4 Å². The Kier molecular flexibility index (Phi) is 6.23. The first-order valence-corrected chi connectivity index (χ1v) is 12.0. The van der Waals surface area contributed by atoms with E-state index in [1.807, 2.05) is 36.4 Å². The van der Waals surface area contributed by atoms with Gasteiger partial charge in [-0.15, -0.1) is 0 Å². The fourth-order valence-electron chi connectivity index (χ4n) is 4.60. The Morgan fingerprint density at radius 2 is 1.77 bits per heavy atom. The van der Waals surface area contributed by atoms with Crippen LogP contribution in [0.15, 0.2) is 48.5 Å². The lowest BCUT2D eigenvalue weighted by Gasteiger charge is -2.15. The minimum atomic E-state index is -1.12. The van der Waals surface area contributed by atoms with Crippen molar-refractivity contribution in [2.24, 2.45) is 0 Å². The molecule has 5 rings (SSSR count). The number of thiazole rings is 1. The molecule has 2 atom stereocenters. The summed E-state index contributed by atoms with van der Waals surface area (Å²) in [6.45, 7) is 2.07. The highest BCUT2D eigenvalue weighted by Crippen LogP contribution is 2.44. The number of aromatic nitrogens is 1. The Bertz CT molecular complexity index is 1260. The van der Waals surface area contributed by atoms with Crippen molar-refractivity contribution in [3.8, 4) is 11.1 Å². The number of hydrogen-bond donors (Lipinski definition) is 3. The number of carboxylic acids is 1. The number of rotatable bonds is 6. The maximum Gasteiger partial charge on any atom is 0.413 e. The number of nitrogens with zero attached hydrogens (tertiary/aromatic N) is 1. The van der Waals surface area contributed by atoms with Gasteiger partial charge >= 0.3 is 12.1 Å². The first-order valence-electron chi connectivity index (χ1n) is 11.2. The second kappa shape index (κ2) is 9.47. The lowest BCUT2D eigenvalue weighted by atomic mass is 9.98. The van der Waals surface area contributed by atoms with Crippen molar-refractivity contribution in [3.05, 3.63) is 70.2 Å². The summed E-state index contributed by atoms with van der Waals surface area (Å²) in [6.07, 6.45) is -1.33. The quantitative estimate of drug-likeness (QED) is 0.477. The molecule has 1 aliphatic carbocycles. The summed E-state index contributed by atoms with van der Waals surface area (Å²) in [5, 5.41) is 14.7. The van der Waals surface area contributed by atoms with Crippen LogP contribution >= 0.6 is 11.3 Å². The van der Waals surface area contributed by atoms with Gasteiger partial charge in [0.05, 0.1) is 11.7 Å². The minimum absolute atomic E-state index is 0.0664. The number of amides is 2. The first-order chi connectivity index (χ1) is 16.9. The van der Waals surface area contributed by atoms with E-state index < -0.39 is 30.1 Å². The Morgan fingerprint density at radius 1 is 1.11 bits per heavy atom. The van der Waals surface area contributed by atoms with E-state index in [0.29, 0.717) is 12.1 Å². The second-order valence-electron chi connectivity index (χ2n) is 8.38. The Labute approximate surface area is 205 Å². The summed E-state index contributed by atoms with van der Waals surface area (Å²) in [5.74, 6) is -1.64. The lowest BCUT2D eigenvalue weighted by molar-refractivity contribution is -0.148. The predicted molar refractivity (Wildman–Crippen MR) is 129 cm³/mol. The maximum absolute atomic E-state index is 12.7. The van der Waals surface area contributed by atoms with Gasteiger partial charge in [0.25, 0.3) is 5.91 Å². The molecule has 0 radical (unpaired) electrons. The van der Waals surface area contributed by atoms with Crippen LogP contribution in [0.3, 0.4) is 0 Å². The average molecular weight is 494 g/mol. The second-order valence-corrected chi connectivity index (χ2v) is 9.38. The van der Waals surface area contributed by atoms with Crippen molar-refractivity contribution in [2.45, 2.75) is 31.4 Å². The number of aryl methyl sites for hydroxylation is 1. The molecule has 2 unspecified atom stereocenters. The van der Waals surface area contributed by atoms with Gasteiger partial charge in [-0.2, -0.15) is 0 Å². The molecular weight excluding hydrogens is 470 g/mol. The van der Waals surface area contributed by atoms with Crippen LogP contribution < -0.4 is 10.6 Å². The molecule has 10 heteroatoms. The van der Waals surface area contributed by atoms with Crippen LogP contribution in [0.5, 0.6) is 0 Å². The van der Waals surface area contributed by atoms with Gasteiger partial charge in [0, 0.05) is 12.5 Å². The van der Waals surface area contributed by atoms with Gasteiger partial charge in [-0.05, 0) is 35.6 Å². The SMILES string of the molecule is Cc1nc(NC(=O)OCC2c3ccccc3-c3ccccc32)sc1C(=O)NC1CCOC1C(=O)O. The molecule has 2 heterocycles. The smallest absolute Gasteiger partial charge is 0.413 e. The van der Waals surface area contributed by atoms with E-state index >= 15 is 0 Å². The summed E-state index contributed by atoms with van der Waals surface area (Å²) in [4.78, 5) is 41.0. The zero-order chi connectivity index (χ0) is 24.5. The molecule has 9 nitrogen and oxygen atoms in total. The number of anilines is 1. The molecule has 3 N–H and O–H groups in total. The molecule has 2 amide bonds. The van der Waals surface area contributed by atoms with Gasteiger partial charge in [0.2, 0.25) is 0 Å².